The lowest BCUT2D eigenvalue weighted by Gasteiger charge is -2.27. The minimum Gasteiger partial charge on any atom is -0.481 e. The molecule has 0 saturated heterocycles. The average molecular weight is 268 g/mol. The first-order valence-corrected chi connectivity index (χ1v) is 7.40. The van der Waals surface area contributed by atoms with Gasteiger partial charge < -0.3 is 10.4 Å². The summed E-state index contributed by atoms with van der Waals surface area (Å²) >= 11 is 1.74. The van der Waals surface area contributed by atoms with Gasteiger partial charge in [0.25, 0.3) is 0 Å². The monoisotopic (exact) mass is 268 g/mol. The summed E-state index contributed by atoms with van der Waals surface area (Å²) in [6.07, 6.45) is 6.62. The van der Waals surface area contributed by atoms with E-state index in [1.165, 1.54) is 4.88 Å². The second-order valence-electron chi connectivity index (χ2n) is 4.85. The van der Waals surface area contributed by atoms with Gasteiger partial charge in [0.1, 0.15) is 5.01 Å². The van der Waals surface area contributed by atoms with Crippen molar-refractivity contribution in [2.75, 3.05) is 0 Å². The average Bonchev–Trinajstić information content (AvgIpc) is 2.84. The maximum absolute atomic E-state index is 11.0. The van der Waals surface area contributed by atoms with Crippen LogP contribution in [0, 0.1) is 5.92 Å². The van der Waals surface area contributed by atoms with Gasteiger partial charge in [-0.05, 0) is 25.7 Å². The zero-order chi connectivity index (χ0) is 13.0. The normalized spacial score (nSPS) is 24.1. The quantitative estimate of drug-likeness (QED) is 0.861. The highest BCUT2D eigenvalue weighted by molar-refractivity contribution is 7.11. The van der Waals surface area contributed by atoms with Crippen molar-refractivity contribution in [3.63, 3.8) is 0 Å². The molecular weight excluding hydrogens is 248 g/mol. The number of rotatable bonds is 5. The smallest absolute Gasteiger partial charge is 0.306 e. The summed E-state index contributed by atoms with van der Waals surface area (Å²) in [6.45, 7) is 2.89. The Labute approximate surface area is 111 Å². The summed E-state index contributed by atoms with van der Waals surface area (Å²) in [5.74, 6) is -0.817. The van der Waals surface area contributed by atoms with Crippen molar-refractivity contribution in [3.8, 4) is 0 Å². The lowest BCUT2D eigenvalue weighted by molar-refractivity contribution is -0.143. The fourth-order valence-corrected chi connectivity index (χ4v) is 3.24. The molecule has 2 rings (SSSR count). The number of aryl methyl sites for hydroxylation is 1. The Bertz CT molecular complexity index is 405. The molecule has 0 aromatic carbocycles. The molecule has 1 aromatic heterocycles. The summed E-state index contributed by atoms with van der Waals surface area (Å²) in [5.41, 5.74) is 0. The fourth-order valence-electron chi connectivity index (χ4n) is 2.42. The van der Waals surface area contributed by atoms with E-state index in [4.69, 9.17) is 5.11 Å². The summed E-state index contributed by atoms with van der Waals surface area (Å²) in [4.78, 5) is 16.6. The van der Waals surface area contributed by atoms with E-state index in [-0.39, 0.29) is 5.92 Å². The van der Waals surface area contributed by atoms with Crippen LogP contribution in [0.3, 0.4) is 0 Å². The molecule has 100 valence electrons. The van der Waals surface area contributed by atoms with Gasteiger partial charge in [-0.1, -0.05) is 13.3 Å². The lowest BCUT2D eigenvalue weighted by atomic mass is 9.86. The van der Waals surface area contributed by atoms with Crippen molar-refractivity contribution in [1.82, 2.24) is 10.3 Å². The molecule has 0 amide bonds. The van der Waals surface area contributed by atoms with E-state index in [1.54, 1.807) is 11.3 Å². The largest absolute Gasteiger partial charge is 0.481 e. The maximum Gasteiger partial charge on any atom is 0.306 e. The number of thiazole rings is 1. The summed E-state index contributed by atoms with van der Waals surface area (Å²) in [5, 5.41) is 13.6. The molecule has 0 aliphatic heterocycles. The van der Waals surface area contributed by atoms with Crippen LogP contribution in [0.1, 0.15) is 42.5 Å². The highest BCUT2D eigenvalue weighted by Crippen LogP contribution is 2.25. The van der Waals surface area contributed by atoms with E-state index in [0.717, 1.165) is 43.7 Å². The van der Waals surface area contributed by atoms with Gasteiger partial charge in [0, 0.05) is 23.7 Å². The number of nitrogens with one attached hydrogen (secondary N) is 1. The maximum atomic E-state index is 11.0. The predicted molar refractivity (Wildman–Crippen MR) is 71.7 cm³/mol. The third-order valence-electron chi connectivity index (χ3n) is 3.52. The molecule has 0 radical (unpaired) electrons. The van der Waals surface area contributed by atoms with Crippen LogP contribution in [0.4, 0.5) is 0 Å². The highest BCUT2D eigenvalue weighted by Gasteiger charge is 2.26. The number of hydrogen-bond acceptors (Lipinski definition) is 4. The van der Waals surface area contributed by atoms with Crippen LogP contribution in [0.15, 0.2) is 6.20 Å². The number of aliphatic carboxylic acids is 1. The Morgan fingerprint density at radius 2 is 2.44 bits per heavy atom. The van der Waals surface area contributed by atoms with Crippen molar-refractivity contribution in [2.24, 2.45) is 5.92 Å². The molecule has 5 heteroatoms. The van der Waals surface area contributed by atoms with Crippen LogP contribution in [0.25, 0.3) is 0 Å². The number of aromatic nitrogens is 1. The molecule has 1 aromatic rings. The number of carboxylic acids is 1. The minimum absolute atomic E-state index is 0.168. The molecule has 18 heavy (non-hydrogen) atoms. The first-order chi connectivity index (χ1) is 8.69. The SMILES string of the molecule is CCc1cnc(CNC2CCCC(C(=O)O)C2)s1. The molecule has 1 heterocycles. The zero-order valence-electron chi connectivity index (χ0n) is 10.7. The van der Waals surface area contributed by atoms with Gasteiger partial charge in [0.05, 0.1) is 5.92 Å². The van der Waals surface area contributed by atoms with Crippen molar-refractivity contribution in [1.29, 1.82) is 0 Å². The fraction of sp³-hybridized carbons (Fsp3) is 0.692. The van der Waals surface area contributed by atoms with E-state index >= 15 is 0 Å². The van der Waals surface area contributed by atoms with Crippen LogP contribution in [-0.2, 0) is 17.8 Å². The second kappa shape index (κ2) is 6.29. The summed E-state index contributed by atoms with van der Waals surface area (Å²) in [6, 6.07) is 0.328. The van der Waals surface area contributed by atoms with Gasteiger partial charge in [0.2, 0.25) is 0 Å². The number of nitrogens with zero attached hydrogens (tertiary/aromatic N) is 1. The third kappa shape index (κ3) is 3.53. The van der Waals surface area contributed by atoms with Crippen LogP contribution >= 0.6 is 11.3 Å². The predicted octanol–water partition coefficient (Wildman–Crippen LogP) is 2.44. The van der Waals surface area contributed by atoms with E-state index < -0.39 is 5.97 Å². The van der Waals surface area contributed by atoms with E-state index in [0.29, 0.717) is 6.04 Å². The van der Waals surface area contributed by atoms with Gasteiger partial charge in [-0.25, -0.2) is 4.98 Å². The number of carboxylic acid groups (broad SMARTS) is 1. The molecule has 0 bridgehead atoms. The van der Waals surface area contributed by atoms with Crippen LogP contribution in [0.2, 0.25) is 0 Å². The van der Waals surface area contributed by atoms with Crippen molar-refractivity contribution < 1.29 is 9.90 Å². The van der Waals surface area contributed by atoms with Crippen LogP contribution in [0.5, 0.6) is 0 Å². The van der Waals surface area contributed by atoms with Gasteiger partial charge >= 0.3 is 5.97 Å². The van der Waals surface area contributed by atoms with Gasteiger partial charge in [-0.15, -0.1) is 11.3 Å². The molecule has 2 unspecified atom stereocenters. The number of hydrogen-bond donors (Lipinski definition) is 2. The van der Waals surface area contributed by atoms with Gasteiger partial charge in [-0.2, -0.15) is 0 Å². The van der Waals surface area contributed by atoms with E-state index in [1.807, 2.05) is 6.20 Å². The van der Waals surface area contributed by atoms with Gasteiger partial charge in [-0.3, -0.25) is 4.79 Å². The summed E-state index contributed by atoms with van der Waals surface area (Å²) in [7, 11) is 0. The first-order valence-electron chi connectivity index (χ1n) is 6.58. The Morgan fingerprint density at radius 1 is 1.61 bits per heavy atom. The second-order valence-corrected chi connectivity index (χ2v) is 6.05. The topological polar surface area (TPSA) is 62.2 Å². The Kier molecular flexibility index (Phi) is 4.72. The highest BCUT2D eigenvalue weighted by atomic mass is 32.1. The van der Waals surface area contributed by atoms with Crippen LogP contribution in [-0.4, -0.2) is 22.1 Å². The minimum atomic E-state index is -0.649. The third-order valence-corrected chi connectivity index (χ3v) is 4.66. The molecule has 2 N–H and O–H groups in total. The van der Waals surface area contributed by atoms with Crippen molar-refractivity contribution >= 4 is 17.3 Å². The zero-order valence-corrected chi connectivity index (χ0v) is 11.5. The molecule has 2 atom stereocenters. The van der Waals surface area contributed by atoms with Crippen molar-refractivity contribution in [2.45, 2.75) is 51.6 Å². The Balaban J connectivity index is 1.80. The standard InChI is InChI=1S/C13H20N2O2S/c1-2-11-7-15-12(18-11)8-14-10-5-3-4-9(6-10)13(16)17/h7,9-10,14H,2-6,8H2,1H3,(H,16,17). The molecule has 4 nitrogen and oxygen atoms in total. The number of carbonyl (C=O) groups is 1. The molecule has 1 aliphatic carbocycles. The molecule has 1 saturated carbocycles. The first kappa shape index (κ1) is 13.5. The van der Waals surface area contributed by atoms with E-state index in [2.05, 4.69) is 17.2 Å². The Hall–Kier alpha value is -0.940. The summed E-state index contributed by atoms with van der Waals surface area (Å²) < 4.78 is 0. The molecular formula is C13H20N2O2S. The Morgan fingerprint density at radius 3 is 3.11 bits per heavy atom. The lowest BCUT2D eigenvalue weighted by Crippen LogP contribution is -2.36. The molecule has 0 spiro atoms. The molecule has 1 fully saturated rings. The van der Waals surface area contributed by atoms with E-state index in [9.17, 15) is 4.79 Å². The molecule has 1 aliphatic rings. The van der Waals surface area contributed by atoms with Crippen LogP contribution < -0.4 is 5.32 Å². The van der Waals surface area contributed by atoms with Crippen molar-refractivity contribution in [3.05, 3.63) is 16.1 Å². The van der Waals surface area contributed by atoms with Gasteiger partial charge in [0.15, 0.2) is 0 Å².